The second-order valence-electron chi connectivity index (χ2n) is 5.76. The quantitative estimate of drug-likeness (QED) is 0.302. The molecule has 3 aromatic rings. The van der Waals surface area contributed by atoms with Crippen molar-refractivity contribution in [1.29, 1.82) is 0 Å². The minimum Gasteiger partial charge on any atom is -0.455 e. The van der Waals surface area contributed by atoms with Crippen molar-refractivity contribution in [2.24, 2.45) is 0 Å². The van der Waals surface area contributed by atoms with Crippen LogP contribution >= 0.6 is 0 Å². The van der Waals surface area contributed by atoms with E-state index in [0.717, 1.165) is 24.3 Å². The average Bonchev–Trinajstić information content (AvgIpc) is 3.41. The Labute approximate surface area is 166 Å². The van der Waals surface area contributed by atoms with Crippen LogP contribution in [0.5, 0.6) is 0 Å². The van der Waals surface area contributed by atoms with Crippen LogP contribution < -0.4 is 0 Å². The lowest BCUT2D eigenvalue weighted by Crippen LogP contribution is -2.05. The highest BCUT2D eigenvalue weighted by atomic mass is 16.7. The summed E-state index contributed by atoms with van der Waals surface area (Å²) in [4.78, 5) is 43.2. The van der Waals surface area contributed by atoms with Crippen molar-refractivity contribution in [1.82, 2.24) is 0 Å². The smallest absolute Gasteiger partial charge is 0.433 e. The van der Waals surface area contributed by atoms with Crippen molar-refractivity contribution >= 4 is 23.7 Å². The Bertz CT molecular complexity index is 1010. The van der Waals surface area contributed by atoms with Gasteiger partial charge in [0, 0.05) is 0 Å². The number of furan rings is 2. The molecule has 12 heteroatoms. The molecule has 0 unspecified atom stereocenters. The van der Waals surface area contributed by atoms with Crippen LogP contribution in [0.15, 0.2) is 57.4 Å². The van der Waals surface area contributed by atoms with Gasteiger partial charge < -0.3 is 18.3 Å². The molecule has 30 heavy (non-hydrogen) atoms. The summed E-state index contributed by atoms with van der Waals surface area (Å²) in [5.74, 6) is -3.41. The predicted molar refractivity (Wildman–Crippen MR) is 95.4 cm³/mol. The Morgan fingerprint density at radius 2 is 1.07 bits per heavy atom. The van der Waals surface area contributed by atoms with Crippen molar-refractivity contribution in [3.63, 3.8) is 0 Å². The molecule has 0 amide bonds. The molecule has 0 aliphatic heterocycles. The monoisotopic (exact) mass is 416 g/mol. The minimum atomic E-state index is -0.853. The first-order valence-corrected chi connectivity index (χ1v) is 8.24. The third kappa shape index (κ3) is 4.86. The molecule has 0 N–H and O–H groups in total. The predicted octanol–water partition coefficient (Wildman–Crippen LogP) is 3.40. The lowest BCUT2D eigenvalue weighted by Gasteiger charge is -2.06. The number of hydrogen-bond acceptors (Lipinski definition) is 10. The highest BCUT2D eigenvalue weighted by Crippen LogP contribution is 2.18. The van der Waals surface area contributed by atoms with E-state index in [1.54, 1.807) is 24.3 Å². The van der Waals surface area contributed by atoms with Gasteiger partial charge in [-0.1, -0.05) is 24.3 Å². The van der Waals surface area contributed by atoms with Crippen LogP contribution in [0.1, 0.15) is 32.2 Å². The molecule has 0 saturated carbocycles. The fourth-order valence-corrected chi connectivity index (χ4v) is 2.24. The maximum atomic E-state index is 11.8. The third-order valence-corrected chi connectivity index (χ3v) is 3.71. The standard InChI is InChI=1S/C18H12N2O10/c21-17(13-5-7-15(29-13)19(23)24)27-9-11-1-2-12(4-3-11)10-28-18(22)14-6-8-16(30-14)20(25)26/h1-8H,9-10H2. The second kappa shape index (κ2) is 8.68. The molecule has 2 aromatic heterocycles. The summed E-state index contributed by atoms with van der Waals surface area (Å²) in [5.41, 5.74) is 1.22. The van der Waals surface area contributed by atoms with Gasteiger partial charge in [-0.15, -0.1) is 0 Å². The van der Waals surface area contributed by atoms with Gasteiger partial charge in [0.1, 0.15) is 23.1 Å². The number of ether oxygens (including phenoxy) is 2. The first-order chi connectivity index (χ1) is 14.3. The molecular weight excluding hydrogens is 404 g/mol. The van der Waals surface area contributed by atoms with Gasteiger partial charge in [0.25, 0.3) is 0 Å². The molecule has 0 radical (unpaired) electrons. The molecule has 3 rings (SSSR count). The van der Waals surface area contributed by atoms with Gasteiger partial charge in [0.2, 0.25) is 11.5 Å². The normalized spacial score (nSPS) is 10.4. The third-order valence-electron chi connectivity index (χ3n) is 3.71. The lowest BCUT2D eigenvalue weighted by molar-refractivity contribution is -0.402. The molecule has 0 aliphatic rings. The van der Waals surface area contributed by atoms with E-state index in [-0.39, 0.29) is 24.7 Å². The maximum Gasteiger partial charge on any atom is 0.433 e. The van der Waals surface area contributed by atoms with Crippen LogP contribution in [0.25, 0.3) is 0 Å². The molecule has 0 bridgehead atoms. The van der Waals surface area contributed by atoms with Crippen LogP contribution in [0, 0.1) is 20.2 Å². The molecule has 154 valence electrons. The van der Waals surface area contributed by atoms with Crippen LogP contribution in [0.4, 0.5) is 11.8 Å². The first kappa shape index (κ1) is 20.3. The number of hydrogen-bond donors (Lipinski definition) is 0. The van der Waals surface area contributed by atoms with Crippen molar-refractivity contribution in [3.05, 3.63) is 91.4 Å². The SMILES string of the molecule is O=C(OCc1ccc(COC(=O)c2ccc([N+](=O)[O-])o2)cc1)c1ccc([N+](=O)[O-])o1. The molecule has 0 saturated heterocycles. The summed E-state index contributed by atoms with van der Waals surface area (Å²) in [6, 6.07) is 10.9. The molecule has 1 aromatic carbocycles. The van der Waals surface area contributed by atoms with E-state index in [9.17, 15) is 29.8 Å². The maximum absolute atomic E-state index is 11.8. The van der Waals surface area contributed by atoms with E-state index in [1.807, 2.05) is 0 Å². The number of benzene rings is 1. The van der Waals surface area contributed by atoms with Gasteiger partial charge >= 0.3 is 23.7 Å². The number of nitrogens with zero attached hydrogens (tertiary/aromatic N) is 2. The number of nitro groups is 2. The van der Waals surface area contributed by atoms with E-state index < -0.39 is 33.6 Å². The zero-order valence-electron chi connectivity index (χ0n) is 15.0. The molecule has 2 heterocycles. The largest absolute Gasteiger partial charge is 0.455 e. The fraction of sp³-hybridized carbons (Fsp3) is 0.111. The minimum absolute atomic E-state index is 0.108. The first-order valence-electron chi connectivity index (χ1n) is 8.24. The van der Waals surface area contributed by atoms with Gasteiger partial charge in [-0.05, 0) is 23.3 Å². The number of carbonyl (C=O) groups excluding carboxylic acids is 2. The number of esters is 2. The number of rotatable bonds is 8. The van der Waals surface area contributed by atoms with E-state index in [2.05, 4.69) is 0 Å². The van der Waals surface area contributed by atoms with E-state index >= 15 is 0 Å². The van der Waals surface area contributed by atoms with Gasteiger partial charge in [0.05, 0.1) is 12.1 Å². The summed E-state index contributed by atoms with van der Waals surface area (Å²) in [6.07, 6.45) is 0. The Balaban J connectivity index is 1.49. The lowest BCUT2D eigenvalue weighted by atomic mass is 10.1. The Hall–Kier alpha value is -4.48. The Kier molecular flexibility index (Phi) is 5.86. The van der Waals surface area contributed by atoms with Crippen molar-refractivity contribution in [3.8, 4) is 0 Å². The van der Waals surface area contributed by atoms with Gasteiger partial charge in [-0.3, -0.25) is 20.2 Å². The molecule has 0 atom stereocenters. The van der Waals surface area contributed by atoms with E-state index in [1.165, 1.54) is 0 Å². The van der Waals surface area contributed by atoms with Crippen molar-refractivity contribution in [2.45, 2.75) is 13.2 Å². The summed E-state index contributed by atoms with van der Waals surface area (Å²) < 4.78 is 19.5. The molecule has 0 aliphatic carbocycles. The molecule has 12 nitrogen and oxygen atoms in total. The Morgan fingerprint density at radius 1 is 0.700 bits per heavy atom. The van der Waals surface area contributed by atoms with Gasteiger partial charge in [0.15, 0.2) is 0 Å². The van der Waals surface area contributed by atoms with Gasteiger partial charge in [-0.2, -0.15) is 0 Å². The van der Waals surface area contributed by atoms with E-state index in [4.69, 9.17) is 18.3 Å². The summed E-state index contributed by atoms with van der Waals surface area (Å²) in [7, 11) is 0. The zero-order chi connectivity index (χ0) is 21.7. The highest BCUT2D eigenvalue weighted by molar-refractivity contribution is 5.87. The van der Waals surface area contributed by atoms with E-state index in [0.29, 0.717) is 11.1 Å². The average molecular weight is 416 g/mol. The molecule has 0 fully saturated rings. The zero-order valence-corrected chi connectivity index (χ0v) is 15.0. The van der Waals surface area contributed by atoms with Crippen LogP contribution in [0.2, 0.25) is 0 Å². The highest BCUT2D eigenvalue weighted by Gasteiger charge is 2.19. The second-order valence-corrected chi connectivity index (χ2v) is 5.76. The van der Waals surface area contributed by atoms with Crippen molar-refractivity contribution < 1.29 is 37.7 Å². The van der Waals surface area contributed by atoms with Crippen LogP contribution in [-0.2, 0) is 22.7 Å². The molecule has 0 spiro atoms. The van der Waals surface area contributed by atoms with Crippen LogP contribution in [0.3, 0.4) is 0 Å². The Morgan fingerprint density at radius 3 is 1.37 bits per heavy atom. The van der Waals surface area contributed by atoms with Crippen LogP contribution in [-0.4, -0.2) is 21.8 Å². The fourth-order valence-electron chi connectivity index (χ4n) is 2.24. The van der Waals surface area contributed by atoms with Crippen molar-refractivity contribution in [2.75, 3.05) is 0 Å². The number of carbonyl (C=O) groups is 2. The topological polar surface area (TPSA) is 165 Å². The van der Waals surface area contributed by atoms with Gasteiger partial charge in [-0.25, -0.2) is 9.59 Å². The summed E-state index contributed by atoms with van der Waals surface area (Å²) >= 11 is 0. The molecular formula is C18H12N2O10. The summed E-state index contributed by atoms with van der Waals surface area (Å²) in [6.45, 7) is -0.215. The summed E-state index contributed by atoms with van der Waals surface area (Å²) in [5, 5.41) is 21.1.